The van der Waals surface area contributed by atoms with Crippen LogP contribution in [0.5, 0.6) is 0 Å². The highest BCUT2D eigenvalue weighted by Crippen LogP contribution is 2.19. The third kappa shape index (κ3) is 1.44. The van der Waals surface area contributed by atoms with Crippen LogP contribution in [-0.4, -0.2) is 16.6 Å². The Morgan fingerprint density at radius 3 is 2.79 bits per heavy atom. The molecule has 5 heteroatoms. The van der Waals surface area contributed by atoms with E-state index in [1.807, 2.05) is 6.92 Å². The number of amides is 1. The van der Waals surface area contributed by atoms with E-state index >= 15 is 0 Å². The summed E-state index contributed by atoms with van der Waals surface area (Å²) in [5.41, 5.74) is 6.90. The van der Waals surface area contributed by atoms with Gasteiger partial charge >= 0.3 is 0 Å². The van der Waals surface area contributed by atoms with Crippen molar-refractivity contribution in [1.29, 1.82) is 0 Å². The Morgan fingerprint density at radius 2 is 2.29 bits per heavy atom. The van der Waals surface area contributed by atoms with E-state index in [0.717, 1.165) is 5.71 Å². The topological polar surface area (TPSA) is 71.6 Å². The number of aromatic nitrogens is 1. The zero-order valence-corrected chi connectivity index (χ0v) is 7.77. The van der Waals surface area contributed by atoms with Gasteiger partial charge in [-0.25, -0.2) is 4.98 Å². The Hall–Kier alpha value is -1.91. The van der Waals surface area contributed by atoms with Crippen molar-refractivity contribution in [3.8, 4) is 0 Å². The maximum atomic E-state index is 11.4. The summed E-state index contributed by atoms with van der Waals surface area (Å²) < 4.78 is 0. The molecule has 5 nitrogen and oxygen atoms in total. The van der Waals surface area contributed by atoms with Crippen molar-refractivity contribution in [1.82, 2.24) is 4.98 Å². The number of hydrogen-bond acceptors (Lipinski definition) is 4. The number of anilines is 2. The molecule has 1 aromatic heterocycles. The van der Waals surface area contributed by atoms with Crippen molar-refractivity contribution in [2.45, 2.75) is 13.3 Å². The van der Waals surface area contributed by atoms with Gasteiger partial charge in [-0.2, -0.15) is 10.1 Å². The van der Waals surface area contributed by atoms with Gasteiger partial charge in [0.05, 0.1) is 18.3 Å². The van der Waals surface area contributed by atoms with Gasteiger partial charge < -0.3 is 5.73 Å². The first-order valence-electron chi connectivity index (χ1n) is 4.25. The number of hydrogen-bond donors (Lipinski definition) is 1. The fourth-order valence-electron chi connectivity index (χ4n) is 1.28. The molecule has 0 bridgehead atoms. The van der Waals surface area contributed by atoms with E-state index < -0.39 is 0 Å². The van der Waals surface area contributed by atoms with Crippen LogP contribution < -0.4 is 10.7 Å². The molecule has 2 rings (SSSR count). The van der Waals surface area contributed by atoms with Crippen molar-refractivity contribution in [3.05, 3.63) is 18.3 Å². The minimum absolute atomic E-state index is 0.0333. The predicted molar refractivity (Wildman–Crippen MR) is 53.9 cm³/mol. The molecule has 1 amide bonds. The fraction of sp³-hybridized carbons (Fsp3) is 0.222. The molecule has 14 heavy (non-hydrogen) atoms. The Bertz CT molecular complexity index is 396. The Kier molecular flexibility index (Phi) is 1.92. The average Bonchev–Trinajstić information content (AvgIpc) is 2.47. The molecular formula is C9H10N4O. The standard InChI is InChI=1S/C9H10N4O/c1-6-4-9(14)13(12-6)7-2-3-8(10)11-5-7/h2-3,5H,4H2,1H3,(H2,10,11). The minimum atomic E-state index is -0.0333. The molecule has 0 unspecified atom stereocenters. The predicted octanol–water partition coefficient (Wildman–Crippen LogP) is 0.776. The molecule has 0 fully saturated rings. The summed E-state index contributed by atoms with van der Waals surface area (Å²) >= 11 is 0. The van der Waals surface area contributed by atoms with E-state index in [1.165, 1.54) is 11.2 Å². The second kappa shape index (κ2) is 3.10. The lowest BCUT2D eigenvalue weighted by Crippen LogP contribution is -2.19. The summed E-state index contributed by atoms with van der Waals surface area (Å²) in [6.45, 7) is 1.82. The molecule has 0 aliphatic carbocycles. The van der Waals surface area contributed by atoms with Crippen molar-refractivity contribution in [3.63, 3.8) is 0 Å². The number of nitrogens with two attached hydrogens (primary N) is 1. The van der Waals surface area contributed by atoms with E-state index in [2.05, 4.69) is 10.1 Å². The Morgan fingerprint density at radius 1 is 1.50 bits per heavy atom. The monoisotopic (exact) mass is 190 g/mol. The summed E-state index contributed by atoms with van der Waals surface area (Å²) in [7, 11) is 0. The largest absolute Gasteiger partial charge is 0.384 e. The van der Waals surface area contributed by atoms with Crippen molar-refractivity contribution < 1.29 is 4.79 Å². The van der Waals surface area contributed by atoms with Crippen LogP contribution in [0.4, 0.5) is 11.5 Å². The normalized spacial score (nSPS) is 15.9. The highest BCUT2D eigenvalue weighted by Gasteiger charge is 2.22. The summed E-state index contributed by atoms with van der Waals surface area (Å²) in [6.07, 6.45) is 1.92. The maximum Gasteiger partial charge on any atom is 0.253 e. The molecule has 0 radical (unpaired) electrons. The van der Waals surface area contributed by atoms with E-state index in [-0.39, 0.29) is 5.91 Å². The van der Waals surface area contributed by atoms with Gasteiger partial charge in [-0.05, 0) is 19.1 Å². The van der Waals surface area contributed by atoms with E-state index in [9.17, 15) is 4.79 Å². The van der Waals surface area contributed by atoms with Gasteiger partial charge in [0, 0.05) is 5.71 Å². The van der Waals surface area contributed by atoms with Crippen LogP contribution in [-0.2, 0) is 4.79 Å². The highest BCUT2D eigenvalue weighted by molar-refractivity contribution is 6.12. The van der Waals surface area contributed by atoms with Gasteiger partial charge in [0.25, 0.3) is 5.91 Å². The van der Waals surface area contributed by atoms with Crippen LogP contribution in [0.2, 0.25) is 0 Å². The molecule has 1 aliphatic rings. The van der Waals surface area contributed by atoms with Crippen molar-refractivity contribution in [2.24, 2.45) is 5.10 Å². The fourth-order valence-corrected chi connectivity index (χ4v) is 1.28. The molecule has 0 atom stereocenters. The van der Waals surface area contributed by atoms with Crippen LogP contribution in [0, 0.1) is 0 Å². The SMILES string of the molecule is CC1=NN(c2ccc(N)nc2)C(=O)C1. The quantitative estimate of drug-likeness (QED) is 0.711. The van der Waals surface area contributed by atoms with Crippen LogP contribution in [0.25, 0.3) is 0 Å². The first-order chi connectivity index (χ1) is 6.66. The molecule has 72 valence electrons. The van der Waals surface area contributed by atoms with Crippen LogP contribution in [0.1, 0.15) is 13.3 Å². The first-order valence-corrected chi connectivity index (χ1v) is 4.25. The molecule has 0 spiro atoms. The number of carbonyl (C=O) groups is 1. The number of hydrazone groups is 1. The van der Waals surface area contributed by atoms with Gasteiger partial charge in [-0.15, -0.1) is 0 Å². The molecule has 2 heterocycles. The zero-order chi connectivity index (χ0) is 10.1. The number of rotatable bonds is 1. The summed E-state index contributed by atoms with van der Waals surface area (Å²) in [5, 5.41) is 5.44. The molecule has 0 saturated carbocycles. The number of nitrogen functional groups attached to an aromatic ring is 1. The van der Waals surface area contributed by atoms with E-state index in [1.54, 1.807) is 12.1 Å². The Labute approximate surface area is 81.2 Å². The second-order valence-corrected chi connectivity index (χ2v) is 3.16. The molecule has 2 N–H and O–H groups in total. The first kappa shape index (κ1) is 8.68. The summed E-state index contributed by atoms with van der Waals surface area (Å²) in [5.74, 6) is 0.398. The van der Waals surface area contributed by atoms with Crippen LogP contribution in [0.15, 0.2) is 23.4 Å². The van der Waals surface area contributed by atoms with Crippen LogP contribution in [0.3, 0.4) is 0 Å². The summed E-state index contributed by atoms with van der Waals surface area (Å²) in [6, 6.07) is 3.37. The number of carbonyl (C=O) groups excluding carboxylic acids is 1. The minimum Gasteiger partial charge on any atom is -0.384 e. The third-order valence-corrected chi connectivity index (χ3v) is 1.93. The maximum absolute atomic E-state index is 11.4. The molecular weight excluding hydrogens is 180 g/mol. The molecule has 0 aromatic carbocycles. The van der Waals surface area contributed by atoms with Gasteiger partial charge in [0.1, 0.15) is 5.82 Å². The van der Waals surface area contributed by atoms with E-state index in [4.69, 9.17) is 5.73 Å². The second-order valence-electron chi connectivity index (χ2n) is 3.16. The van der Waals surface area contributed by atoms with Gasteiger partial charge in [-0.1, -0.05) is 0 Å². The van der Waals surface area contributed by atoms with Gasteiger partial charge in [0.2, 0.25) is 0 Å². The zero-order valence-electron chi connectivity index (χ0n) is 7.77. The average molecular weight is 190 g/mol. The lowest BCUT2D eigenvalue weighted by molar-refractivity contribution is -0.116. The highest BCUT2D eigenvalue weighted by atomic mass is 16.2. The third-order valence-electron chi connectivity index (χ3n) is 1.93. The smallest absolute Gasteiger partial charge is 0.253 e. The molecule has 1 aromatic rings. The molecule has 0 saturated heterocycles. The number of nitrogens with zero attached hydrogens (tertiary/aromatic N) is 3. The van der Waals surface area contributed by atoms with Gasteiger partial charge in [-0.3, -0.25) is 4.79 Å². The Balaban J connectivity index is 2.32. The lowest BCUT2D eigenvalue weighted by atomic mass is 10.3. The molecule has 1 aliphatic heterocycles. The van der Waals surface area contributed by atoms with Crippen molar-refractivity contribution in [2.75, 3.05) is 10.7 Å². The lowest BCUT2D eigenvalue weighted by Gasteiger charge is -2.10. The van der Waals surface area contributed by atoms with Crippen molar-refractivity contribution >= 4 is 23.1 Å². The summed E-state index contributed by atoms with van der Waals surface area (Å²) in [4.78, 5) is 15.3. The van der Waals surface area contributed by atoms with Crippen LogP contribution >= 0.6 is 0 Å². The van der Waals surface area contributed by atoms with Gasteiger partial charge in [0.15, 0.2) is 0 Å². The van der Waals surface area contributed by atoms with E-state index in [0.29, 0.717) is 17.9 Å². The number of pyridine rings is 1.